The summed E-state index contributed by atoms with van der Waals surface area (Å²) in [6.45, 7) is 10.8. The molecular formula is C27H38N4O3S. The Labute approximate surface area is 213 Å². The second-order valence-corrected chi connectivity index (χ2v) is 10.3. The van der Waals surface area contributed by atoms with Crippen LogP contribution in [-0.2, 0) is 15.3 Å². The average Bonchev–Trinajstić information content (AvgIpc) is 2.87. The van der Waals surface area contributed by atoms with Crippen molar-refractivity contribution in [2.45, 2.75) is 63.8 Å². The molecule has 8 heteroatoms. The minimum atomic E-state index is -0.145. The number of esters is 1. The van der Waals surface area contributed by atoms with E-state index in [1.165, 1.54) is 0 Å². The van der Waals surface area contributed by atoms with Crippen LogP contribution in [0.1, 0.15) is 74.5 Å². The summed E-state index contributed by atoms with van der Waals surface area (Å²) in [6, 6.07) is 9.87. The largest absolute Gasteiger partial charge is 0.466 e. The second-order valence-electron chi connectivity index (χ2n) is 9.31. The molecule has 0 bridgehead atoms. The van der Waals surface area contributed by atoms with E-state index in [1.807, 2.05) is 36.1 Å². The molecule has 0 unspecified atom stereocenters. The Balaban J connectivity index is 1.59. The van der Waals surface area contributed by atoms with Gasteiger partial charge in [0.15, 0.2) is 5.16 Å². The Morgan fingerprint density at radius 3 is 2.43 bits per heavy atom. The molecule has 1 aromatic carbocycles. The Hall–Kier alpha value is -2.61. The van der Waals surface area contributed by atoms with Gasteiger partial charge in [-0.25, -0.2) is 9.97 Å². The van der Waals surface area contributed by atoms with Crippen LogP contribution in [-0.4, -0.2) is 60.0 Å². The maximum Gasteiger partial charge on any atom is 0.309 e. The summed E-state index contributed by atoms with van der Waals surface area (Å²) in [5.41, 5.74) is 2.84. The van der Waals surface area contributed by atoms with E-state index in [0.717, 1.165) is 41.0 Å². The van der Waals surface area contributed by atoms with Crippen LogP contribution < -0.4 is 4.90 Å². The number of benzene rings is 1. The molecule has 35 heavy (non-hydrogen) atoms. The number of rotatable bonds is 10. The van der Waals surface area contributed by atoms with Crippen molar-refractivity contribution in [2.24, 2.45) is 5.92 Å². The van der Waals surface area contributed by atoms with Gasteiger partial charge in [0.2, 0.25) is 0 Å². The number of hydrogen-bond acceptors (Lipinski definition) is 7. The first-order valence-electron chi connectivity index (χ1n) is 12.6. The maximum absolute atomic E-state index is 12.9. The zero-order valence-electron chi connectivity index (χ0n) is 21.6. The normalized spacial score (nSPS) is 14.3. The Morgan fingerprint density at radius 1 is 1.14 bits per heavy atom. The molecule has 2 aromatic rings. The highest BCUT2D eigenvalue weighted by Crippen LogP contribution is 2.26. The first-order valence-corrected chi connectivity index (χ1v) is 13.6. The Kier molecular flexibility index (Phi) is 9.95. The quantitative estimate of drug-likeness (QED) is 0.255. The fraction of sp³-hybridized carbons (Fsp3) is 0.556. The molecule has 0 aliphatic carbocycles. The molecular weight excluding hydrogens is 460 g/mol. The molecule has 0 atom stereocenters. The maximum atomic E-state index is 12.9. The summed E-state index contributed by atoms with van der Waals surface area (Å²) >= 11 is 1.62. The monoisotopic (exact) mass is 498 g/mol. The van der Waals surface area contributed by atoms with Crippen molar-refractivity contribution in [3.63, 3.8) is 0 Å². The van der Waals surface area contributed by atoms with Gasteiger partial charge in [-0.15, -0.1) is 0 Å². The lowest BCUT2D eigenvalue weighted by molar-refractivity contribution is -0.149. The van der Waals surface area contributed by atoms with Gasteiger partial charge in [0.1, 0.15) is 5.82 Å². The highest BCUT2D eigenvalue weighted by molar-refractivity contribution is 7.98. The van der Waals surface area contributed by atoms with Crippen LogP contribution in [0.15, 0.2) is 35.5 Å². The number of aromatic nitrogens is 2. The van der Waals surface area contributed by atoms with E-state index in [4.69, 9.17) is 14.7 Å². The number of piperidine rings is 1. The van der Waals surface area contributed by atoms with Gasteiger partial charge in [0, 0.05) is 49.8 Å². The molecule has 1 amide bonds. The zero-order valence-corrected chi connectivity index (χ0v) is 22.4. The van der Waals surface area contributed by atoms with Gasteiger partial charge in [0.25, 0.3) is 5.91 Å². The highest BCUT2D eigenvalue weighted by atomic mass is 32.2. The van der Waals surface area contributed by atoms with E-state index in [1.54, 1.807) is 11.8 Å². The number of carbonyl (C=O) groups is 2. The predicted octanol–water partition coefficient (Wildman–Crippen LogP) is 5.15. The van der Waals surface area contributed by atoms with Gasteiger partial charge >= 0.3 is 5.97 Å². The number of ether oxygens (including phenoxy) is 1. The Bertz CT molecular complexity index is 988. The third kappa shape index (κ3) is 7.43. The van der Waals surface area contributed by atoms with Crippen LogP contribution in [0.3, 0.4) is 0 Å². The van der Waals surface area contributed by atoms with Gasteiger partial charge in [-0.05, 0) is 49.8 Å². The van der Waals surface area contributed by atoms with E-state index in [0.29, 0.717) is 44.0 Å². The first-order chi connectivity index (χ1) is 16.8. The second kappa shape index (κ2) is 12.9. The van der Waals surface area contributed by atoms with Crippen LogP contribution in [0.5, 0.6) is 0 Å². The van der Waals surface area contributed by atoms with Gasteiger partial charge in [0.05, 0.1) is 12.5 Å². The Morgan fingerprint density at radius 2 is 1.83 bits per heavy atom. The smallest absolute Gasteiger partial charge is 0.309 e. The van der Waals surface area contributed by atoms with E-state index in [-0.39, 0.29) is 17.8 Å². The fourth-order valence-corrected chi connectivity index (χ4v) is 4.90. The number of amides is 1. The van der Waals surface area contributed by atoms with Crippen LogP contribution in [0, 0.1) is 5.92 Å². The van der Waals surface area contributed by atoms with E-state index >= 15 is 0 Å². The molecule has 1 aliphatic heterocycles. The zero-order chi connectivity index (χ0) is 25.4. The molecule has 0 saturated carbocycles. The van der Waals surface area contributed by atoms with Crippen LogP contribution in [0.4, 0.5) is 5.82 Å². The molecule has 1 aromatic heterocycles. The lowest BCUT2D eigenvalue weighted by Gasteiger charge is -2.31. The molecule has 190 valence electrons. The van der Waals surface area contributed by atoms with Crippen molar-refractivity contribution in [3.05, 3.63) is 47.2 Å². The minimum absolute atomic E-state index is 0.0167. The SMILES string of the molecule is CCCN(C)c1cc(C(C)C)nc(SCc2ccc(C(=O)N3CCC(C(=O)OCC)CC3)cc2)n1. The summed E-state index contributed by atoms with van der Waals surface area (Å²) < 4.78 is 5.12. The molecule has 1 saturated heterocycles. The lowest BCUT2D eigenvalue weighted by Crippen LogP contribution is -2.40. The first kappa shape index (κ1) is 27.0. The molecule has 1 aliphatic rings. The topological polar surface area (TPSA) is 75.6 Å². The average molecular weight is 499 g/mol. The van der Waals surface area contributed by atoms with Crippen LogP contribution >= 0.6 is 11.8 Å². The van der Waals surface area contributed by atoms with E-state index < -0.39 is 0 Å². The number of nitrogens with zero attached hydrogens (tertiary/aromatic N) is 4. The van der Waals surface area contributed by atoms with Crippen molar-refractivity contribution in [2.75, 3.05) is 38.2 Å². The summed E-state index contributed by atoms with van der Waals surface area (Å²) in [5.74, 6) is 1.80. The third-order valence-corrected chi connectivity index (χ3v) is 7.14. The van der Waals surface area contributed by atoms with Crippen molar-refractivity contribution in [1.29, 1.82) is 0 Å². The lowest BCUT2D eigenvalue weighted by atomic mass is 9.96. The highest BCUT2D eigenvalue weighted by Gasteiger charge is 2.28. The number of thioether (sulfide) groups is 1. The molecule has 7 nitrogen and oxygen atoms in total. The van der Waals surface area contributed by atoms with Crippen molar-refractivity contribution in [3.8, 4) is 0 Å². The van der Waals surface area contributed by atoms with E-state index in [2.05, 4.69) is 38.8 Å². The summed E-state index contributed by atoms with van der Waals surface area (Å²) in [4.78, 5) is 38.4. The fourth-order valence-electron chi connectivity index (χ4n) is 4.09. The summed E-state index contributed by atoms with van der Waals surface area (Å²) in [6.07, 6.45) is 2.38. The van der Waals surface area contributed by atoms with Gasteiger partial charge in [-0.3, -0.25) is 9.59 Å². The van der Waals surface area contributed by atoms with Crippen LogP contribution in [0.2, 0.25) is 0 Å². The molecule has 0 N–H and O–H groups in total. The number of likely N-dealkylation sites (tertiary alicyclic amines) is 1. The summed E-state index contributed by atoms with van der Waals surface area (Å²) in [5, 5.41) is 0.777. The number of anilines is 1. The standard InChI is InChI=1S/C27H38N4O3S/c1-6-14-30(5)24-17-23(19(3)4)28-27(29-24)35-18-20-8-10-21(11-9-20)25(32)31-15-12-22(13-16-31)26(33)34-7-2/h8-11,17,19,22H,6-7,12-16,18H2,1-5H3. The van der Waals surface area contributed by atoms with Crippen molar-refractivity contribution < 1.29 is 14.3 Å². The molecule has 3 rings (SSSR count). The summed E-state index contributed by atoms with van der Waals surface area (Å²) in [7, 11) is 2.07. The third-order valence-electron chi connectivity index (χ3n) is 6.22. The van der Waals surface area contributed by atoms with E-state index in [9.17, 15) is 9.59 Å². The molecule has 0 spiro atoms. The molecule has 0 radical (unpaired) electrons. The van der Waals surface area contributed by atoms with Gasteiger partial charge < -0.3 is 14.5 Å². The predicted molar refractivity (Wildman–Crippen MR) is 141 cm³/mol. The molecule has 2 heterocycles. The minimum Gasteiger partial charge on any atom is -0.466 e. The van der Waals surface area contributed by atoms with Gasteiger partial charge in [-0.1, -0.05) is 44.7 Å². The van der Waals surface area contributed by atoms with Crippen molar-refractivity contribution >= 4 is 29.5 Å². The van der Waals surface area contributed by atoms with Gasteiger partial charge in [-0.2, -0.15) is 0 Å². The van der Waals surface area contributed by atoms with Crippen LogP contribution in [0.25, 0.3) is 0 Å². The number of carbonyl (C=O) groups excluding carboxylic acids is 2. The molecule has 1 fully saturated rings. The number of hydrogen-bond donors (Lipinski definition) is 0. The van der Waals surface area contributed by atoms with Crippen molar-refractivity contribution in [1.82, 2.24) is 14.9 Å².